The van der Waals surface area contributed by atoms with Crippen LogP contribution in [0.1, 0.15) is 18.4 Å². The zero-order chi connectivity index (χ0) is 26.8. The highest BCUT2D eigenvalue weighted by atomic mass is 32.1. The number of aromatic nitrogens is 1. The average molecular weight is 540 g/mol. The van der Waals surface area contributed by atoms with Crippen LogP contribution in [-0.4, -0.2) is 80.5 Å². The first-order chi connectivity index (χ1) is 17.1. The number of carboxylic acid groups (broad SMARTS) is 2. The van der Waals surface area contributed by atoms with E-state index >= 15 is 0 Å². The molecule has 2 aromatic rings. The number of para-hydroxylation sites is 1. The monoisotopic (exact) mass is 539 g/mol. The molecule has 0 aliphatic heterocycles. The van der Waals surface area contributed by atoms with Crippen LogP contribution < -0.4 is 21.7 Å². The lowest BCUT2D eigenvalue weighted by Crippen LogP contribution is -2.58. The summed E-state index contributed by atoms with van der Waals surface area (Å²) in [6, 6.07) is 2.38. The SMILES string of the molecule is N[C@@H](CS)C(=O)N[C@@H](CCC(=O)O)C(=O)N[C@@H](Cc1c[nH]c2ccccc12)C(=O)N[C@@H](CS)C(=O)O. The standard InChI is InChI=1S/C22H29N5O7S2/c23-13(9-35)19(30)25-15(5-6-18(28)29)20(31)26-16(21(32)27-17(10-36)22(33)34)7-11-8-24-14-4-2-1-3-12(11)14/h1-4,8,13,15-17,24,35-36H,5-7,9-10,23H2,(H,25,30)(H,26,31)(H,27,32)(H,28,29)(H,33,34)/t13-,15-,16-,17-/m0/s1. The van der Waals surface area contributed by atoms with Gasteiger partial charge in [-0.3, -0.25) is 19.2 Å². The second kappa shape index (κ2) is 13.8. The van der Waals surface area contributed by atoms with Gasteiger partial charge in [0.15, 0.2) is 0 Å². The number of carbonyl (C=O) groups is 5. The van der Waals surface area contributed by atoms with Gasteiger partial charge in [-0.05, 0) is 18.1 Å². The molecule has 1 heterocycles. The van der Waals surface area contributed by atoms with Crippen molar-refractivity contribution in [1.29, 1.82) is 0 Å². The summed E-state index contributed by atoms with van der Waals surface area (Å²) in [4.78, 5) is 63.9. The number of carboxylic acids is 2. The number of benzene rings is 1. The molecule has 0 saturated carbocycles. The fourth-order valence-electron chi connectivity index (χ4n) is 3.36. The largest absolute Gasteiger partial charge is 0.481 e. The second-order valence-corrected chi connectivity index (χ2v) is 8.72. The molecule has 0 unspecified atom stereocenters. The third-order valence-corrected chi connectivity index (χ3v) is 6.10. The van der Waals surface area contributed by atoms with Crippen LogP contribution in [0.2, 0.25) is 0 Å². The van der Waals surface area contributed by atoms with E-state index in [-0.39, 0.29) is 24.3 Å². The summed E-state index contributed by atoms with van der Waals surface area (Å²) in [7, 11) is 0. The molecule has 0 fully saturated rings. The minimum atomic E-state index is -1.31. The Hall–Kier alpha value is -3.23. The van der Waals surface area contributed by atoms with Gasteiger partial charge in [-0.2, -0.15) is 25.3 Å². The Bertz CT molecular complexity index is 1110. The van der Waals surface area contributed by atoms with Gasteiger partial charge in [-0.1, -0.05) is 18.2 Å². The number of nitrogens with one attached hydrogen (secondary N) is 4. The number of thiol groups is 2. The first-order valence-corrected chi connectivity index (χ1v) is 12.2. The smallest absolute Gasteiger partial charge is 0.327 e. The Morgan fingerprint density at radius 3 is 2.11 bits per heavy atom. The number of amides is 3. The maximum Gasteiger partial charge on any atom is 0.327 e. The van der Waals surface area contributed by atoms with Crippen molar-refractivity contribution < 1.29 is 34.2 Å². The predicted molar refractivity (Wildman–Crippen MR) is 138 cm³/mol. The third kappa shape index (κ3) is 8.17. The van der Waals surface area contributed by atoms with E-state index in [1.807, 2.05) is 18.2 Å². The molecule has 14 heteroatoms. The molecule has 0 aliphatic rings. The number of nitrogens with two attached hydrogens (primary N) is 1. The van der Waals surface area contributed by atoms with Gasteiger partial charge >= 0.3 is 11.9 Å². The number of aromatic amines is 1. The average Bonchev–Trinajstić information content (AvgIpc) is 3.26. The molecule has 3 amide bonds. The predicted octanol–water partition coefficient (Wildman–Crippen LogP) is -0.699. The van der Waals surface area contributed by atoms with Crippen molar-refractivity contribution >= 4 is 65.8 Å². The Balaban J connectivity index is 2.31. The van der Waals surface area contributed by atoms with Crippen molar-refractivity contribution in [2.24, 2.45) is 5.73 Å². The van der Waals surface area contributed by atoms with Crippen LogP contribution in [0.3, 0.4) is 0 Å². The topological polar surface area (TPSA) is 204 Å². The van der Waals surface area contributed by atoms with Gasteiger partial charge in [-0.15, -0.1) is 0 Å². The molecule has 0 saturated heterocycles. The van der Waals surface area contributed by atoms with Gasteiger partial charge in [0.05, 0.1) is 6.04 Å². The van der Waals surface area contributed by atoms with Crippen molar-refractivity contribution in [2.45, 2.75) is 43.4 Å². The van der Waals surface area contributed by atoms with E-state index < -0.39 is 60.2 Å². The zero-order valence-corrected chi connectivity index (χ0v) is 20.9. The number of hydrogen-bond donors (Lipinski definition) is 9. The highest BCUT2D eigenvalue weighted by Crippen LogP contribution is 2.19. The molecular weight excluding hydrogens is 510 g/mol. The summed E-state index contributed by atoms with van der Waals surface area (Å²) in [6.07, 6.45) is 0.951. The molecule has 0 bridgehead atoms. The molecule has 2 rings (SSSR count). The van der Waals surface area contributed by atoms with E-state index in [9.17, 15) is 29.1 Å². The molecule has 8 N–H and O–H groups in total. The van der Waals surface area contributed by atoms with Crippen LogP contribution in [0.4, 0.5) is 0 Å². The van der Waals surface area contributed by atoms with E-state index in [1.165, 1.54) is 0 Å². The first kappa shape index (κ1) is 29.0. The molecule has 0 aliphatic carbocycles. The number of aliphatic carboxylic acids is 2. The van der Waals surface area contributed by atoms with Crippen LogP contribution in [0, 0.1) is 0 Å². The lowest BCUT2D eigenvalue weighted by Gasteiger charge is -2.24. The van der Waals surface area contributed by atoms with Crippen molar-refractivity contribution in [2.75, 3.05) is 11.5 Å². The minimum absolute atomic E-state index is 0.00893. The number of H-pyrrole nitrogens is 1. The summed E-state index contributed by atoms with van der Waals surface area (Å²) < 4.78 is 0. The molecular formula is C22H29N5O7S2. The molecule has 12 nitrogen and oxygen atoms in total. The van der Waals surface area contributed by atoms with Gasteiger partial charge < -0.3 is 36.9 Å². The first-order valence-electron chi connectivity index (χ1n) is 10.9. The molecule has 1 aromatic carbocycles. The van der Waals surface area contributed by atoms with E-state index in [0.717, 1.165) is 10.9 Å². The van der Waals surface area contributed by atoms with Gasteiger partial charge in [-0.25, -0.2) is 4.79 Å². The normalized spacial score (nSPS) is 14.3. The Labute approximate surface area is 217 Å². The molecule has 0 radical (unpaired) electrons. The van der Waals surface area contributed by atoms with Crippen molar-refractivity contribution in [1.82, 2.24) is 20.9 Å². The number of fused-ring (bicyclic) bond motifs is 1. The number of carbonyl (C=O) groups excluding carboxylic acids is 3. The molecule has 1 aromatic heterocycles. The maximum absolute atomic E-state index is 13.1. The number of hydrogen-bond acceptors (Lipinski definition) is 8. The van der Waals surface area contributed by atoms with Gasteiger partial charge in [0.2, 0.25) is 17.7 Å². The summed E-state index contributed by atoms with van der Waals surface area (Å²) in [5.74, 6) is -5.01. The van der Waals surface area contributed by atoms with Crippen LogP contribution in [0.25, 0.3) is 10.9 Å². The van der Waals surface area contributed by atoms with Gasteiger partial charge in [0.25, 0.3) is 0 Å². The van der Waals surface area contributed by atoms with E-state index in [1.54, 1.807) is 12.3 Å². The summed E-state index contributed by atoms with van der Waals surface area (Å²) >= 11 is 7.88. The summed E-state index contributed by atoms with van der Waals surface area (Å²) in [5, 5.41) is 26.4. The lowest BCUT2D eigenvalue weighted by molar-refractivity contribution is -0.141. The third-order valence-electron chi connectivity index (χ3n) is 5.34. The van der Waals surface area contributed by atoms with E-state index in [0.29, 0.717) is 5.56 Å². The van der Waals surface area contributed by atoms with Crippen LogP contribution in [0.5, 0.6) is 0 Å². The van der Waals surface area contributed by atoms with Crippen molar-refractivity contribution in [3.05, 3.63) is 36.0 Å². The minimum Gasteiger partial charge on any atom is -0.481 e. The van der Waals surface area contributed by atoms with E-state index in [4.69, 9.17) is 10.8 Å². The van der Waals surface area contributed by atoms with Crippen LogP contribution in [0.15, 0.2) is 30.5 Å². The summed E-state index contributed by atoms with van der Waals surface area (Å²) in [6.45, 7) is 0. The molecule has 4 atom stereocenters. The molecule has 36 heavy (non-hydrogen) atoms. The number of rotatable bonds is 14. The van der Waals surface area contributed by atoms with Gasteiger partial charge in [0, 0.05) is 41.4 Å². The summed E-state index contributed by atoms with van der Waals surface area (Å²) in [5.41, 5.74) is 7.11. The Morgan fingerprint density at radius 2 is 1.50 bits per heavy atom. The van der Waals surface area contributed by atoms with E-state index in [2.05, 4.69) is 46.2 Å². The fourth-order valence-corrected chi connectivity index (χ4v) is 3.77. The molecule has 0 spiro atoms. The van der Waals surface area contributed by atoms with Crippen molar-refractivity contribution in [3.8, 4) is 0 Å². The quantitative estimate of drug-likeness (QED) is 0.140. The van der Waals surface area contributed by atoms with Crippen LogP contribution in [-0.2, 0) is 30.4 Å². The fraction of sp³-hybridized carbons (Fsp3) is 0.409. The van der Waals surface area contributed by atoms with Gasteiger partial charge in [0.1, 0.15) is 18.1 Å². The highest BCUT2D eigenvalue weighted by molar-refractivity contribution is 7.80. The van der Waals surface area contributed by atoms with Crippen molar-refractivity contribution in [3.63, 3.8) is 0 Å². The lowest BCUT2D eigenvalue weighted by atomic mass is 10.0. The molecule has 196 valence electrons. The second-order valence-electron chi connectivity index (χ2n) is 7.99. The highest BCUT2D eigenvalue weighted by Gasteiger charge is 2.30. The maximum atomic E-state index is 13.1. The van der Waals surface area contributed by atoms with Crippen LogP contribution >= 0.6 is 25.3 Å². The zero-order valence-electron chi connectivity index (χ0n) is 19.1. The Kier molecular flexibility index (Phi) is 11.1. The Morgan fingerprint density at radius 1 is 0.889 bits per heavy atom.